The quantitative estimate of drug-likeness (QED) is 0.824. The fourth-order valence-corrected chi connectivity index (χ4v) is 4.35. The van der Waals surface area contributed by atoms with Gasteiger partial charge in [-0.15, -0.1) is 35.0 Å². The number of carbonyl (C=O) groups is 1. The summed E-state index contributed by atoms with van der Waals surface area (Å²) in [6.07, 6.45) is 8.93. The molecule has 1 aliphatic carbocycles. The first kappa shape index (κ1) is 20.5. The molecule has 0 aromatic carbocycles. The van der Waals surface area contributed by atoms with E-state index in [1.807, 2.05) is 0 Å². The van der Waals surface area contributed by atoms with Gasteiger partial charge in [-0.05, 0) is 50.6 Å². The first-order valence-corrected chi connectivity index (χ1v) is 9.18. The minimum absolute atomic E-state index is 0. The van der Waals surface area contributed by atoms with Crippen LogP contribution in [0.3, 0.4) is 0 Å². The summed E-state index contributed by atoms with van der Waals surface area (Å²) in [7, 11) is 0. The van der Waals surface area contributed by atoms with Gasteiger partial charge in [-0.2, -0.15) is 0 Å². The molecule has 2 aliphatic heterocycles. The van der Waals surface area contributed by atoms with Crippen LogP contribution in [0, 0.1) is 11.3 Å². The number of halogens is 2. The summed E-state index contributed by atoms with van der Waals surface area (Å²) in [6, 6.07) is 0. The van der Waals surface area contributed by atoms with Crippen molar-refractivity contribution < 1.29 is 4.79 Å². The lowest BCUT2D eigenvalue weighted by molar-refractivity contribution is -0.123. The van der Waals surface area contributed by atoms with Gasteiger partial charge in [0.15, 0.2) is 0 Å². The van der Waals surface area contributed by atoms with Crippen LogP contribution in [0.2, 0.25) is 0 Å². The Morgan fingerprint density at radius 2 is 2.00 bits per heavy atom. The fourth-order valence-electron chi connectivity index (χ4n) is 4.35. The van der Waals surface area contributed by atoms with Crippen LogP contribution in [0.4, 0.5) is 0 Å². The third-order valence-electron chi connectivity index (χ3n) is 5.94. The average Bonchev–Trinajstić information content (AvgIpc) is 3.21. The van der Waals surface area contributed by atoms with Crippen LogP contribution in [0.15, 0.2) is 0 Å². The molecule has 1 spiro atoms. The maximum atomic E-state index is 12.4. The molecule has 3 heterocycles. The Morgan fingerprint density at radius 3 is 2.80 bits per heavy atom. The monoisotopic (exact) mass is 389 g/mol. The second kappa shape index (κ2) is 8.69. The summed E-state index contributed by atoms with van der Waals surface area (Å²) >= 11 is 0. The second-order valence-corrected chi connectivity index (χ2v) is 7.40. The highest BCUT2D eigenvalue weighted by Crippen LogP contribution is 2.58. The number of nitrogens with one attached hydrogen (secondary N) is 2. The minimum Gasteiger partial charge on any atom is -0.355 e. The molecule has 4 rings (SSSR count). The van der Waals surface area contributed by atoms with Crippen molar-refractivity contribution in [2.24, 2.45) is 11.3 Å². The lowest BCUT2D eigenvalue weighted by Crippen LogP contribution is -2.34. The lowest BCUT2D eigenvalue weighted by atomic mass is 9.92. The molecule has 1 aromatic rings. The molecule has 2 fully saturated rings. The number of piperidine rings is 1. The number of aromatic nitrogens is 3. The summed E-state index contributed by atoms with van der Waals surface area (Å²) in [5, 5.41) is 15.2. The van der Waals surface area contributed by atoms with Gasteiger partial charge >= 0.3 is 0 Å². The first-order chi connectivity index (χ1) is 11.3. The van der Waals surface area contributed by atoms with Gasteiger partial charge in [0.25, 0.3) is 0 Å². The number of rotatable bonds is 4. The van der Waals surface area contributed by atoms with Gasteiger partial charge < -0.3 is 15.2 Å². The van der Waals surface area contributed by atoms with Crippen LogP contribution in [0.1, 0.15) is 50.2 Å². The smallest absolute Gasteiger partial charge is 0.223 e. The van der Waals surface area contributed by atoms with Crippen molar-refractivity contribution in [1.82, 2.24) is 25.4 Å². The Labute approximate surface area is 161 Å². The Hall–Kier alpha value is -0.850. The highest BCUT2D eigenvalue weighted by atomic mass is 35.5. The van der Waals surface area contributed by atoms with Crippen LogP contribution >= 0.6 is 24.8 Å². The molecule has 3 aliphatic rings. The zero-order valence-corrected chi connectivity index (χ0v) is 16.3. The lowest BCUT2D eigenvalue weighted by Gasteiger charge is -2.23. The number of hydrogen-bond donors (Lipinski definition) is 2. The highest BCUT2D eigenvalue weighted by Gasteiger charge is 2.57. The van der Waals surface area contributed by atoms with Crippen molar-refractivity contribution in [2.45, 2.75) is 57.9 Å². The van der Waals surface area contributed by atoms with Crippen LogP contribution in [0.5, 0.6) is 0 Å². The molecule has 1 unspecified atom stereocenters. The van der Waals surface area contributed by atoms with E-state index < -0.39 is 0 Å². The molecule has 1 saturated heterocycles. The largest absolute Gasteiger partial charge is 0.355 e. The molecule has 1 atom stereocenters. The topological polar surface area (TPSA) is 71.8 Å². The predicted octanol–water partition coefficient (Wildman–Crippen LogP) is 1.90. The Morgan fingerprint density at radius 1 is 1.20 bits per heavy atom. The average molecular weight is 390 g/mol. The summed E-state index contributed by atoms with van der Waals surface area (Å²) in [4.78, 5) is 12.4. The van der Waals surface area contributed by atoms with E-state index in [0.29, 0.717) is 12.0 Å². The van der Waals surface area contributed by atoms with Crippen molar-refractivity contribution in [3.05, 3.63) is 11.6 Å². The number of nitrogens with zero attached hydrogens (tertiary/aromatic N) is 3. The minimum atomic E-state index is 0. The van der Waals surface area contributed by atoms with Gasteiger partial charge in [-0.3, -0.25) is 4.79 Å². The molecule has 1 aromatic heterocycles. The third kappa shape index (κ3) is 4.29. The molecule has 25 heavy (non-hydrogen) atoms. The van der Waals surface area contributed by atoms with Crippen LogP contribution < -0.4 is 10.6 Å². The molecule has 1 saturated carbocycles. The number of carbonyl (C=O) groups excluding carboxylic acids is 1. The molecule has 0 bridgehead atoms. The zero-order chi connectivity index (χ0) is 15.7. The summed E-state index contributed by atoms with van der Waals surface area (Å²) in [6.45, 7) is 3.84. The van der Waals surface area contributed by atoms with Gasteiger partial charge in [-0.1, -0.05) is 6.42 Å². The third-order valence-corrected chi connectivity index (χ3v) is 5.94. The number of fused-ring (bicyclic) bond motifs is 1. The van der Waals surface area contributed by atoms with Crippen molar-refractivity contribution in [2.75, 3.05) is 19.6 Å². The van der Waals surface area contributed by atoms with Gasteiger partial charge in [0.2, 0.25) is 5.91 Å². The van der Waals surface area contributed by atoms with Gasteiger partial charge in [0.05, 0.1) is 0 Å². The SMILES string of the molecule is Cl.Cl.O=C(NCCc1nnc2n1CCCCC2)C1CC12CCNCC2. The van der Waals surface area contributed by atoms with E-state index in [9.17, 15) is 4.79 Å². The zero-order valence-electron chi connectivity index (χ0n) is 14.6. The van der Waals surface area contributed by atoms with Crippen LogP contribution in [-0.4, -0.2) is 40.3 Å². The van der Waals surface area contributed by atoms with E-state index in [1.54, 1.807) is 0 Å². The van der Waals surface area contributed by atoms with E-state index in [0.717, 1.165) is 63.4 Å². The summed E-state index contributed by atoms with van der Waals surface area (Å²) in [5.74, 6) is 2.66. The maximum Gasteiger partial charge on any atom is 0.223 e. The second-order valence-electron chi connectivity index (χ2n) is 7.40. The van der Waals surface area contributed by atoms with Crippen molar-refractivity contribution in [1.29, 1.82) is 0 Å². The normalized spacial score (nSPS) is 23.6. The van der Waals surface area contributed by atoms with Gasteiger partial charge in [0.1, 0.15) is 11.6 Å². The highest BCUT2D eigenvalue weighted by molar-refractivity contribution is 5.85. The Balaban J connectivity index is 0.00000113. The standard InChI is InChI=1S/C17H27N5O.2ClH/c23-16(13-12-17(13)6-9-18-10-7-17)19-8-5-15-21-20-14-4-2-1-3-11-22(14)15;;/h13,18H,1-12H2,(H,19,23);2*1H. The Kier molecular flexibility index (Phi) is 7.11. The number of amides is 1. The maximum absolute atomic E-state index is 12.4. The molecule has 8 heteroatoms. The van der Waals surface area contributed by atoms with E-state index in [2.05, 4.69) is 25.4 Å². The number of hydrogen-bond acceptors (Lipinski definition) is 4. The van der Waals surface area contributed by atoms with E-state index in [1.165, 1.54) is 19.3 Å². The number of aryl methyl sites for hydroxylation is 1. The molecular formula is C17H29Cl2N5O. The molecule has 142 valence electrons. The summed E-state index contributed by atoms with van der Waals surface area (Å²) in [5.41, 5.74) is 0.321. The van der Waals surface area contributed by atoms with Crippen molar-refractivity contribution in [3.63, 3.8) is 0 Å². The molecule has 1 amide bonds. The predicted molar refractivity (Wildman–Crippen MR) is 101 cm³/mol. The van der Waals surface area contributed by atoms with Crippen LogP contribution in [0.25, 0.3) is 0 Å². The molecule has 2 N–H and O–H groups in total. The van der Waals surface area contributed by atoms with Gasteiger partial charge in [0, 0.05) is 31.8 Å². The summed E-state index contributed by atoms with van der Waals surface area (Å²) < 4.78 is 2.27. The van der Waals surface area contributed by atoms with Crippen LogP contribution in [-0.2, 0) is 24.2 Å². The first-order valence-electron chi connectivity index (χ1n) is 9.18. The van der Waals surface area contributed by atoms with Crippen molar-refractivity contribution in [3.8, 4) is 0 Å². The fraction of sp³-hybridized carbons (Fsp3) is 0.824. The van der Waals surface area contributed by atoms with E-state index in [4.69, 9.17) is 0 Å². The van der Waals surface area contributed by atoms with Gasteiger partial charge in [-0.25, -0.2) is 0 Å². The van der Waals surface area contributed by atoms with E-state index in [-0.39, 0.29) is 36.6 Å². The molecule has 0 radical (unpaired) electrons. The molecular weight excluding hydrogens is 361 g/mol. The Bertz CT molecular complexity index is 586. The van der Waals surface area contributed by atoms with Crippen molar-refractivity contribution >= 4 is 30.7 Å². The van der Waals surface area contributed by atoms with E-state index >= 15 is 0 Å². The molecule has 6 nitrogen and oxygen atoms in total.